The molecule has 1 aliphatic rings. The SMILES string of the molecule is COc1ccc(-c2noc(CCC(=O)NC3CCc4ccccc43)n2)cc1OC. The molecule has 29 heavy (non-hydrogen) atoms. The van der Waals surface area contributed by atoms with Gasteiger partial charge in [0.15, 0.2) is 11.5 Å². The molecule has 1 unspecified atom stereocenters. The number of rotatable bonds is 7. The number of carbonyl (C=O) groups is 1. The van der Waals surface area contributed by atoms with Crippen molar-refractivity contribution in [3.63, 3.8) is 0 Å². The maximum atomic E-state index is 12.4. The van der Waals surface area contributed by atoms with Gasteiger partial charge in [0.25, 0.3) is 0 Å². The number of aromatic nitrogens is 2. The Hall–Kier alpha value is -3.35. The maximum Gasteiger partial charge on any atom is 0.227 e. The summed E-state index contributed by atoms with van der Waals surface area (Å²) in [4.78, 5) is 16.8. The average molecular weight is 393 g/mol. The monoisotopic (exact) mass is 393 g/mol. The van der Waals surface area contributed by atoms with Crippen LogP contribution >= 0.6 is 0 Å². The van der Waals surface area contributed by atoms with Crippen molar-refractivity contribution >= 4 is 5.91 Å². The van der Waals surface area contributed by atoms with Crippen LogP contribution in [0.4, 0.5) is 0 Å². The molecule has 0 saturated carbocycles. The summed E-state index contributed by atoms with van der Waals surface area (Å²) in [6, 6.07) is 13.8. The highest BCUT2D eigenvalue weighted by Crippen LogP contribution is 2.32. The van der Waals surface area contributed by atoms with Crippen LogP contribution in [0, 0.1) is 0 Å². The molecule has 0 bridgehead atoms. The molecule has 0 fully saturated rings. The average Bonchev–Trinajstić information content (AvgIpc) is 3.39. The molecule has 1 atom stereocenters. The molecule has 3 aromatic rings. The van der Waals surface area contributed by atoms with Gasteiger partial charge < -0.3 is 19.3 Å². The Morgan fingerprint density at radius 2 is 2.00 bits per heavy atom. The Labute approximate surface area is 169 Å². The van der Waals surface area contributed by atoms with Gasteiger partial charge >= 0.3 is 0 Å². The summed E-state index contributed by atoms with van der Waals surface area (Å²) in [7, 11) is 3.16. The van der Waals surface area contributed by atoms with E-state index in [0.717, 1.165) is 18.4 Å². The van der Waals surface area contributed by atoms with Crippen LogP contribution in [-0.4, -0.2) is 30.3 Å². The van der Waals surface area contributed by atoms with E-state index in [-0.39, 0.29) is 11.9 Å². The quantitative estimate of drug-likeness (QED) is 0.661. The number of benzene rings is 2. The fourth-order valence-corrected chi connectivity index (χ4v) is 3.64. The van der Waals surface area contributed by atoms with Crippen LogP contribution in [0.1, 0.15) is 35.9 Å². The van der Waals surface area contributed by atoms with E-state index in [2.05, 4.69) is 27.6 Å². The molecule has 0 saturated heterocycles. The van der Waals surface area contributed by atoms with Gasteiger partial charge in [-0.15, -0.1) is 0 Å². The van der Waals surface area contributed by atoms with Gasteiger partial charge in [-0.3, -0.25) is 4.79 Å². The lowest BCUT2D eigenvalue weighted by Gasteiger charge is -2.13. The number of methoxy groups -OCH3 is 2. The number of hydrogen-bond acceptors (Lipinski definition) is 6. The molecule has 1 N–H and O–H groups in total. The van der Waals surface area contributed by atoms with E-state index in [1.54, 1.807) is 26.4 Å². The second kappa shape index (κ2) is 8.34. The summed E-state index contributed by atoms with van der Waals surface area (Å²) in [6.07, 6.45) is 2.63. The van der Waals surface area contributed by atoms with Gasteiger partial charge in [0, 0.05) is 18.4 Å². The summed E-state index contributed by atoms with van der Waals surface area (Å²) >= 11 is 0. The van der Waals surface area contributed by atoms with E-state index >= 15 is 0 Å². The number of amides is 1. The molecule has 150 valence electrons. The van der Waals surface area contributed by atoms with Crippen molar-refractivity contribution in [1.29, 1.82) is 0 Å². The maximum absolute atomic E-state index is 12.4. The molecule has 0 radical (unpaired) electrons. The van der Waals surface area contributed by atoms with Crippen LogP contribution in [0.15, 0.2) is 47.0 Å². The lowest BCUT2D eigenvalue weighted by molar-refractivity contribution is -0.121. The Kier molecular flexibility index (Phi) is 5.46. The van der Waals surface area contributed by atoms with Crippen molar-refractivity contribution in [3.05, 3.63) is 59.5 Å². The van der Waals surface area contributed by atoms with E-state index in [1.807, 2.05) is 18.2 Å². The number of hydrogen-bond donors (Lipinski definition) is 1. The van der Waals surface area contributed by atoms with Gasteiger partial charge in [-0.05, 0) is 42.2 Å². The normalized spacial score (nSPS) is 15.0. The lowest BCUT2D eigenvalue weighted by Crippen LogP contribution is -2.27. The Bertz CT molecular complexity index is 1010. The summed E-state index contributed by atoms with van der Waals surface area (Å²) in [5, 5.41) is 7.13. The van der Waals surface area contributed by atoms with Crippen LogP contribution < -0.4 is 14.8 Å². The first-order valence-corrected chi connectivity index (χ1v) is 9.60. The highest BCUT2D eigenvalue weighted by molar-refractivity contribution is 5.76. The van der Waals surface area contributed by atoms with Gasteiger partial charge in [-0.2, -0.15) is 4.98 Å². The highest BCUT2D eigenvalue weighted by Gasteiger charge is 2.23. The molecule has 1 aromatic heterocycles. The Balaban J connectivity index is 1.36. The zero-order chi connectivity index (χ0) is 20.2. The van der Waals surface area contributed by atoms with E-state index < -0.39 is 0 Å². The van der Waals surface area contributed by atoms with Crippen LogP contribution in [0.5, 0.6) is 11.5 Å². The topological polar surface area (TPSA) is 86.5 Å². The van der Waals surface area contributed by atoms with Gasteiger partial charge in [0.1, 0.15) is 0 Å². The van der Waals surface area contributed by atoms with Crippen LogP contribution in [0.25, 0.3) is 11.4 Å². The van der Waals surface area contributed by atoms with Gasteiger partial charge in [0.2, 0.25) is 17.6 Å². The largest absolute Gasteiger partial charge is 0.493 e. The molecule has 1 heterocycles. The minimum atomic E-state index is -0.0161. The van der Waals surface area contributed by atoms with Crippen molar-refractivity contribution < 1.29 is 18.8 Å². The minimum Gasteiger partial charge on any atom is -0.493 e. The fourth-order valence-electron chi connectivity index (χ4n) is 3.64. The van der Waals surface area contributed by atoms with Crippen molar-refractivity contribution in [2.45, 2.75) is 31.7 Å². The van der Waals surface area contributed by atoms with E-state index in [9.17, 15) is 4.79 Å². The molecule has 1 aliphatic carbocycles. The molecular weight excluding hydrogens is 370 g/mol. The summed E-state index contributed by atoms with van der Waals surface area (Å²) in [5.74, 6) is 2.08. The first-order chi connectivity index (χ1) is 14.2. The summed E-state index contributed by atoms with van der Waals surface area (Å²) in [6.45, 7) is 0. The second-order valence-electron chi connectivity index (χ2n) is 6.94. The fraction of sp³-hybridized carbons (Fsp3) is 0.318. The van der Waals surface area contributed by atoms with Crippen molar-refractivity contribution in [3.8, 4) is 22.9 Å². The van der Waals surface area contributed by atoms with E-state index in [4.69, 9.17) is 14.0 Å². The number of carbonyl (C=O) groups excluding carboxylic acids is 1. The third kappa shape index (κ3) is 4.08. The van der Waals surface area contributed by atoms with Gasteiger partial charge in [-0.25, -0.2) is 0 Å². The zero-order valence-corrected chi connectivity index (χ0v) is 16.5. The molecule has 0 spiro atoms. The van der Waals surface area contributed by atoms with Gasteiger partial charge in [0.05, 0.1) is 20.3 Å². The van der Waals surface area contributed by atoms with Crippen LogP contribution in [0.2, 0.25) is 0 Å². The first kappa shape index (κ1) is 19.0. The molecule has 7 nitrogen and oxygen atoms in total. The third-order valence-electron chi connectivity index (χ3n) is 5.14. The number of nitrogens with zero attached hydrogens (tertiary/aromatic N) is 2. The Morgan fingerprint density at radius 1 is 1.17 bits per heavy atom. The second-order valence-corrected chi connectivity index (χ2v) is 6.94. The van der Waals surface area contributed by atoms with Crippen molar-refractivity contribution in [2.24, 2.45) is 0 Å². The number of nitrogens with one attached hydrogen (secondary N) is 1. The molecule has 0 aliphatic heterocycles. The molecule has 7 heteroatoms. The molecule has 2 aromatic carbocycles. The number of ether oxygens (including phenoxy) is 2. The summed E-state index contributed by atoms with van der Waals surface area (Å²) < 4.78 is 15.9. The van der Waals surface area contributed by atoms with Gasteiger partial charge in [-0.1, -0.05) is 29.4 Å². The highest BCUT2D eigenvalue weighted by atomic mass is 16.5. The minimum absolute atomic E-state index is 0.0161. The van der Waals surface area contributed by atoms with Crippen molar-refractivity contribution in [2.75, 3.05) is 14.2 Å². The Morgan fingerprint density at radius 3 is 2.83 bits per heavy atom. The smallest absolute Gasteiger partial charge is 0.227 e. The van der Waals surface area contributed by atoms with Crippen LogP contribution in [-0.2, 0) is 17.6 Å². The predicted octanol–water partition coefficient (Wildman–Crippen LogP) is 3.49. The standard InChI is InChI=1S/C22H23N3O4/c1-27-18-10-8-15(13-19(18)28-2)22-24-21(29-25-22)12-11-20(26)23-17-9-7-14-5-3-4-6-16(14)17/h3-6,8,10,13,17H,7,9,11-12H2,1-2H3,(H,23,26). The lowest BCUT2D eigenvalue weighted by atomic mass is 10.1. The predicted molar refractivity (Wildman–Crippen MR) is 107 cm³/mol. The van der Waals surface area contributed by atoms with Crippen LogP contribution in [0.3, 0.4) is 0 Å². The zero-order valence-electron chi connectivity index (χ0n) is 16.5. The van der Waals surface area contributed by atoms with E-state index in [1.165, 1.54) is 11.1 Å². The molecule has 4 rings (SSSR count). The number of fused-ring (bicyclic) bond motifs is 1. The summed E-state index contributed by atoms with van der Waals surface area (Å²) in [5.41, 5.74) is 3.29. The van der Waals surface area contributed by atoms with E-state index in [0.29, 0.717) is 36.1 Å². The first-order valence-electron chi connectivity index (χ1n) is 9.60. The number of aryl methyl sites for hydroxylation is 2. The van der Waals surface area contributed by atoms with Crippen molar-refractivity contribution in [1.82, 2.24) is 15.5 Å². The molecule has 1 amide bonds. The third-order valence-corrected chi connectivity index (χ3v) is 5.14. The molecular formula is C22H23N3O4.